The summed E-state index contributed by atoms with van der Waals surface area (Å²) in [5, 5.41) is 3.23. The van der Waals surface area contributed by atoms with Gasteiger partial charge in [-0.05, 0) is 31.5 Å². The van der Waals surface area contributed by atoms with Crippen LogP contribution in [0.15, 0.2) is 24.4 Å². The van der Waals surface area contributed by atoms with Gasteiger partial charge in [-0.3, -0.25) is 4.79 Å². The second-order valence-electron chi connectivity index (χ2n) is 4.57. The molecule has 0 unspecified atom stereocenters. The van der Waals surface area contributed by atoms with Crippen molar-refractivity contribution in [2.45, 2.75) is 26.8 Å². The molecule has 20 heavy (non-hydrogen) atoms. The van der Waals surface area contributed by atoms with Crippen LogP contribution in [0.4, 0.5) is 11.4 Å². The number of hydrogen-bond acceptors (Lipinski definition) is 3. The summed E-state index contributed by atoms with van der Waals surface area (Å²) in [7, 11) is 0. The first-order valence-corrected chi connectivity index (χ1v) is 6.79. The van der Waals surface area contributed by atoms with Gasteiger partial charge < -0.3 is 15.6 Å². The molecule has 2 aromatic heterocycles. The van der Waals surface area contributed by atoms with Crippen LogP contribution in [0, 0.1) is 6.92 Å². The Morgan fingerprint density at radius 2 is 2.25 bits per heavy atom. The normalized spacial score (nSPS) is 10.6. The third-order valence-electron chi connectivity index (χ3n) is 2.91. The fourth-order valence-corrected chi connectivity index (χ4v) is 2.19. The number of amides is 1. The van der Waals surface area contributed by atoms with Gasteiger partial charge in [-0.2, -0.15) is 0 Å². The second kappa shape index (κ2) is 5.96. The Balaban J connectivity index is 2.23. The molecule has 0 aromatic carbocycles. The summed E-state index contributed by atoms with van der Waals surface area (Å²) in [6.45, 7) is 4.59. The number of carbonyl (C=O) groups is 1. The van der Waals surface area contributed by atoms with Crippen molar-refractivity contribution in [2.24, 2.45) is 0 Å². The van der Waals surface area contributed by atoms with Gasteiger partial charge in [0, 0.05) is 12.7 Å². The van der Waals surface area contributed by atoms with E-state index < -0.39 is 0 Å². The Hall–Kier alpha value is -2.01. The maximum atomic E-state index is 12.3. The molecule has 0 saturated heterocycles. The number of nitrogens with one attached hydrogen (secondary N) is 1. The first-order valence-electron chi connectivity index (χ1n) is 6.41. The number of halogens is 1. The van der Waals surface area contributed by atoms with Crippen molar-refractivity contribution in [3.05, 3.63) is 40.9 Å². The van der Waals surface area contributed by atoms with Crippen LogP contribution in [0.25, 0.3) is 0 Å². The van der Waals surface area contributed by atoms with Gasteiger partial charge in [-0.1, -0.05) is 18.5 Å². The highest BCUT2D eigenvalue weighted by molar-refractivity contribution is 6.29. The summed E-state index contributed by atoms with van der Waals surface area (Å²) in [6.07, 6.45) is 2.70. The summed E-state index contributed by atoms with van der Waals surface area (Å²) in [5.74, 6) is -0.206. The molecule has 3 N–H and O–H groups in total. The number of pyridine rings is 1. The van der Waals surface area contributed by atoms with E-state index in [1.807, 2.05) is 11.5 Å². The summed E-state index contributed by atoms with van der Waals surface area (Å²) in [4.78, 5) is 16.4. The molecule has 1 amide bonds. The van der Waals surface area contributed by atoms with Crippen LogP contribution < -0.4 is 11.1 Å². The Bertz CT molecular complexity index is 636. The highest BCUT2D eigenvalue weighted by Gasteiger charge is 2.14. The van der Waals surface area contributed by atoms with Crippen LogP contribution in [0.5, 0.6) is 0 Å². The summed E-state index contributed by atoms with van der Waals surface area (Å²) in [5.41, 5.74) is 8.19. The van der Waals surface area contributed by atoms with Crippen LogP contribution in [-0.2, 0) is 6.54 Å². The van der Waals surface area contributed by atoms with Gasteiger partial charge in [0.1, 0.15) is 10.8 Å². The molecule has 106 valence electrons. The van der Waals surface area contributed by atoms with Crippen LogP contribution in [-0.4, -0.2) is 15.5 Å². The molecule has 0 aliphatic heterocycles. The lowest BCUT2D eigenvalue weighted by Gasteiger charge is -2.10. The van der Waals surface area contributed by atoms with Crippen molar-refractivity contribution in [1.29, 1.82) is 0 Å². The number of aryl methyl sites for hydroxylation is 2. The van der Waals surface area contributed by atoms with Crippen molar-refractivity contribution < 1.29 is 4.79 Å². The van der Waals surface area contributed by atoms with Crippen molar-refractivity contribution >= 4 is 28.9 Å². The van der Waals surface area contributed by atoms with Gasteiger partial charge in [-0.25, -0.2) is 4.98 Å². The molecule has 6 heteroatoms. The third-order valence-corrected chi connectivity index (χ3v) is 3.13. The van der Waals surface area contributed by atoms with E-state index in [4.69, 9.17) is 17.3 Å². The SMILES string of the molecule is CCCn1cc(N)cc1C(=O)Nc1ccc(Cl)nc1C. The van der Waals surface area contributed by atoms with Crippen molar-refractivity contribution in [2.75, 3.05) is 11.1 Å². The molecule has 2 rings (SSSR count). The molecule has 0 fully saturated rings. The predicted molar refractivity (Wildman–Crippen MR) is 81.1 cm³/mol. The minimum absolute atomic E-state index is 0.206. The monoisotopic (exact) mass is 292 g/mol. The van der Waals surface area contributed by atoms with E-state index in [2.05, 4.69) is 10.3 Å². The fraction of sp³-hybridized carbons (Fsp3) is 0.286. The van der Waals surface area contributed by atoms with Gasteiger partial charge >= 0.3 is 0 Å². The van der Waals surface area contributed by atoms with Crippen LogP contribution >= 0.6 is 11.6 Å². The van der Waals surface area contributed by atoms with Gasteiger partial charge in [0.25, 0.3) is 5.91 Å². The molecular formula is C14H17ClN4O. The average molecular weight is 293 g/mol. The topological polar surface area (TPSA) is 72.9 Å². The maximum Gasteiger partial charge on any atom is 0.272 e. The minimum Gasteiger partial charge on any atom is -0.397 e. The predicted octanol–water partition coefficient (Wildman–Crippen LogP) is 3.09. The minimum atomic E-state index is -0.206. The number of anilines is 2. The lowest BCUT2D eigenvalue weighted by Crippen LogP contribution is -2.17. The molecule has 0 spiro atoms. The molecule has 0 aliphatic rings. The average Bonchev–Trinajstić information content (AvgIpc) is 2.74. The number of rotatable bonds is 4. The highest BCUT2D eigenvalue weighted by Crippen LogP contribution is 2.18. The van der Waals surface area contributed by atoms with E-state index in [1.165, 1.54) is 0 Å². The van der Waals surface area contributed by atoms with Crippen LogP contribution in [0.1, 0.15) is 29.5 Å². The molecule has 0 saturated carbocycles. The standard InChI is InChI=1S/C14H17ClN4O/c1-3-6-19-8-10(16)7-12(19)14(20)18-11-4-5-13(15)17-9(11)2/h4-5,7-8H,3,6,16H2,1-2H3,(H,18,20). The van der Waals surface area contributed by atoms with E-state index in [0.717, 1.165) is 13.0 Å². The van der Waals surface area contributed by atoms with Gasteiger partial charge in [-0.15, -0.1) is 0 Å². The number of aromatic nitrogens is 2. The molecule has 2 heterocycles. The maximum absolute atomic E-state index is 12.3. The molecule has 0 radical (unpaired) electrons. The summed E-state index contributed by atoms with van der Waals surface area (Å²) in [6, 6.07) is 5.05. The zero-order valence-electron chi connectivity index (χ0n) is 11.5. The third kappa shape index (κ3) is 3.11. The Labute approximate surface area is 122 Å². The molecule has 2 aromatic rings. The lowest BCUT2D eigenvalue weighted by atomic mass is 10.3. The van der Waals surface area contributed by atoms with Crippen molar-refractivity contribution in [3.63, 3.8) is 0 Å². The number of nitrogens with two attached hydrogens (primary N) is 1. The van der Waals surface area contributed by atoms with E-state index >= 15 is 0 Å². The first kappa shape index (κ1) is 14.4. The number of nitrogen functional groups attached to an aromatic ring is 1. The van der Waals surface area contributed by atoms with Crippen LogP contribution in [0.3, 0.4) is 0 Å². The smallest absolute Gasteiger partial charge is 0.272 e. The number of carbonyl (C=O) groups excluding carboxylic acids is 1. The van der Waals surface area contributed by atoms with Gasteiger partial charge in [0.15, 0.2) is 0 Å². The van der Waals surface area contributed by atoms with Gasteiger partial charge in [0.2, 0.25) is 0 Å². The summed E-state index contributed by atoms with van der Waals surface area (Å²) >= 11 is 5.80. The Morgan fingerprint density at radius 3 is 2.90 bits per heavy atom. The van der Waals surface area contributed by atoms with Crippen LogP contribution in [0.2, 0.25) is 5.15 Å². The quantitative estimate of drug-likeness (QED) is 0.851. The number of hydrogen-bond donors (Lipinski definition) is 2. The molecule has 5 nitrogen and oxygen atoms in total. The summed E-state index contributed by atoms with van der Waals surface area (Å²) < 4.78 is 1.85. The number of nitrogens with zero attached hydrogens (tertiary/aromatic N) is 2. The van der Waals surface area contributed by atoms with E-state index in [0.29, 0.717) is 27.9 Å². The first-order chi connectivity index (χ1) is 9.51. The van der Waals surface area contributed by atoms with E-state index in [-0.39, 0.29) is 5.91 Å². The fourth-order valence-electron chi connectivity index (χ4n) is 2.00. The van der Waals surface area contributed by atoms with E-state index in [1.54, 1.807) is 31.3 Å². The second-order valence-corrected chi connectivity index (χ2v) is 4.96. The molecule has 0 bridgehead atoms. The van der Waals surface area contributed by atoms with E-state index in [9.17, 15) is 4.79 Å². The molecule has 0 aliphatic carbocycles. The van der Waals surface area contributed by atoms with Crippen molar-refractivity contribution in [3.8, 4) is 0 Å². The molecular weight excluding hydrogens is 276 g/mol. The highest BCUT2D eigenvalue weighted by atomic mass is 35.5. The lowest BCUT2D eigenvalue weighted by molar-refractivity contribution is 0.101. The largest absolute Gasteiger partial charge is 0.397 e. The zero-order chi connectivity index (χ0) is 14.7. The van der Waals surface area contributed by atoms with Gasteiger partial charge in [0.05, 0.1) is 17.1 Å². The Morgan fingerprint density at radius 1 is 1.50 bits per heavy atom. The molecule has 0 atom stereocenters. The Kier molecular flexibility index (Phi) is 4.29. The van der Waals surface area contributed by atoms with Crippen molar-refractivity contribution in [1.82, 2.24) is 9.55 Å². The zero-order valence-corrected chi connectivity index (χ0v) is 12.2.